The summed E-state index contributed by atoms with van der Waals surface area (Å²) in [5, 5.41) is 28.8. The second kappa shape index (κ2) is 19.1. The molecule has 0 spiro atoms. The number of anilines is 4. The first-order valence-electron chi connectivity index (χ1n) is 21.7. The zero-order valence-electron chi connectivity index (χ0n) is 36.4. The van der Waals surface area contributed by atoms with Crippen LogP contribution >= 0.6 is 24.4 Å². The highest BCUT2D eigenvalue weighted by molar-refractivity contribution is 7.81. The quantitative estimate of drug-likeness (QED) is 0.0397. The Morgan fingerprint density at radius 1 is 0.379 bits per heavy atom. The van der Waals surface area contributed by atoms with Gasteiger partial charge in [0.05, 0.1) is 40.6 Å². The number of thiocarbonyl (C=S) groups is 2. The SMILES string of the molecule is COc1cc(NC(=S)Nc2ccc3ccc4cccc5ccc2c3c45)ccc1OCCOCCOCCOc1ccc(NC(=S)Nc2ccc3ccc4cccc5ccc2c3c45)cc1OC. The van der Waals surface area contributed by atoms with Gasteiger partial charge in [-0.3, -0.25) is 0 Å². The normalized spacial score (nSPS) is 11.5. The van der Waals surface area contributed by atoms with Crippen molar-refractivity contribution in [1.82, 2.24) is 0 Å². The Balaban J connectivity index is 0.636. The smallest absolute Gasteiger partial charge is 0.175 e. The van der Waals surface area contributed by atoms with E-state index in [2.05, 4.69) is 130 Å². The monoisotopic (exact) mass is 910 g/mol. The molecule has 0 aliphatic rings. The van der Waals surface area contributed by atoms with E-state index in [1.165, 1.54) is 53.9 Å². The van der Waals surface area contributed by atoms with E-state index in [0.717, 1.165) is 33.5 Å². The van der Waals surface area contributed by atoms with Gasteiger partial charge in [-0.25, -0.2) is 0 Å². The first-order valence-corrected chi connectivity index (χ1v) is 22.5. The van der Waals surface area contributed by atoms with Gasteiger partial charge in [-0.15, -0.1) is 0 Å². The lowest BCUT2D eigenvalue weighted by molar-refractivity contribution is 0.0269. The molecule has 0 fully saturated rings. The summed E-state index contributed by atoms with van der Waals surface area (Å²) >= 11 is 11.5. The summed E-state index contributed by atoms with van der Waals surface area (Å²) in [6, 6.07) is 49.7. The van der Waals surface area contributed by atoms with Gasteiger partial charge < -0.3 is 49.7 Å². The van der Waals surface area contributed by atoms with Crippen LogP contribution in [0, 0.1) is 0 Å². The Labute approximate surface area is 392 Å². The van der Waals surface area contributed by atoms with Gasteiger partial charge in [-0.2, -0.15) is 0 Å². The van der Waals surface area contributed by atoms with Crippen molar-refractivity contribution in [2.45, 2.75) is 0 Å². The van der Waals surface area contributed by atoms with E-state index >= 15 is 0 Å². The standard InChI is InChI=1S/C54H46N4O6S2/c1-59-47-31-39(55-53(65)57-43-21-15-37-11-9-33-5-3-7-35-13-19-41(43)51(37)49(33)35)17-23-45(47)63-29-27-61-25-26-62-28-30-64-46-24-18-40(32-48(46)60-2)56-54(66)58-44-22-16-38-12-10-34-6-4-8-36-14-20-42(44)52(38)50(34)36/h3-24,31-32H,25-30H2,1-2H3,(H2,55,57,65)(H2,56,58,66). The van der Waals surface area contributed by atoms with E-state index in [-0.39, 0.29) is 0 Å². The van der Waals surface area contributed by atoms with Crippen molar-refractivity contribution in [2.75, 3.05) is 75.1 Å². The summed E-state index contributed by atoms with van der Waals surface area (Å²) in [6.45, 7) is 2.26. The molecule has 0 radical (unpaired) electrons. The molecule has 12 heteroatoms. The van der Waals surface area contributed by atoms with Crippen LogP contribution in [0.1, 0.15) is 0 Å². The lowest BCUT2D eigenvalue weighted by Gasteiger charge is -2.17. The molecule has 10 nitrogen and oxygen atoms in total. The molecule has 0 saturated carbocycles. The van der Waals surface area contributed by atoms with E-state index in [9.17, 15) is 0 Å². The zero-order valence-corrected chi connectivity index (χ0v) is 38.0. The molecule has 10 aromatic rings. The lowest BCUT2D eigenvalue weighted by atomic mass is 9.93. The number of ether oxygens (including phenoxy) is 6. The van der Waals surface area contributed by atoms with Crippen molar-refractivity contribution in [2.24, 2.45) is 0 Å². The van der Waals surface area contributed by atoms with E-state index in [1.807, 2.05) is 36.4 Å². The lowest BCUT2D eigenvalue weighted by Crippen LogP contribution is -2.19. The Kier molecular flexibility index (Phi) is 12.4. The predicted octanol–water partition coefficient (Wildman–Crippen LogP) is 12.6. The number of hydrogen-bond donors (Lipinski definition) is 4. The fourth-order valence-electron chi connectivity index (χ4n) is 8.73. The molecule has 0 heterocycles. The number of nitrogens with one attached hydrogen (secondary N) is 4. The van der Waals surface area contributed by atoms with Gasteiger partial charge in [0.2, 0.25) is 0 Å². The van der Waals surface area contributed by atoms with Crippen LogP contribution in [-0.2, 0) is 9.47 Å². The average molecular weight is 911 g/mol. The minimum Gasteiger partial charge on any atom is -0.493 e. The van der Waals surface area contributed by atoms with Gasteiger partial charge in [0.1, 0.15) is 13.2 Å². The first-order chi connectivity index (χ1) is 32.4. The van der Waals surface area contributed by atoms with Gasteiger partial charge in [0.15, 0.2) is 33.2 Å². The fraction of sp³-hybridized carbons (Fsp3) is 0.148. The minimum absolute atomic E-state index is 0.340. The average Bonchev–Trinajstić information content (AvgIpc) is 3.34. The number of benzene rings is 10. The van der Waals surface area contributed by atoms with Crippen LogP contribution < -0.4 is 40.2 Å². The maximum atomic E-state index is 5.98. The molecule has 0 atom stereocenters. The Bertz CT molecular complexity index is 3130. The van der Waals surface area contributed by atoms with Crippen LogP contribution in [-0.4, -0.2) is 64.1 Å². The van der Waals surface area contributed by atoms with Gasteiger partial charge in [0.25, 0.3) is 0 Å². The molecular weight excluding hydrogens is 865 g/mol. The summed E-state index contributed by atoms with van der Waals surface area (Å²) in [4.78, 5) is 0. The maximum absolute atomic E-state index is 5.98. The Hall–Kier alpha value is -7.22. The third kappa shape index (κ3) is 8.79. The largest absolute Gasteiger partial charge is 0.493 e. The van der Waals surface area contributed by atoms with E-state index < -0.39 is 0 Å². The first kappa shape index (κ1) is 42.7. The molecule has 0 unspecified atom stereocenters. The van der Waals surface area contributed by atoms with Crippen LogP contribution in [0.5, 0.6) is 23.0 Å². The van der Waals surface area contributed by atoms with Crippen molar-refractivity contribution in [1.29, 1.82) is 0 Å². The van der Waals surface area contributed by atoms with Crippen LogP contribution in [0.15, 0.2) is 146 Å². The van der Waals surface area contributed by atoms with Crippen LogP contribution in [0.4, 0.5) is 22.7 Å². The highest BCUT2D eigenvalue weighted by atomic mass is 32.1. The summed E-state index contributed by atoms with van der Waals surface area (Å²) in [5.41, 5.74) is 3.41. The van der Waals surface area contributed by atoms with Crippen molar-refractivity contribution >= 4 is 122 Å². The molecule has 0 amide bonds. The number of methoxy groups -OCH3 is 2. The van der Waals surface area contributed by atoms with Crippen LogP contribution in [0.3, 0.4) is 0 Å². The second-order valence-electron chi connectivity index (χ2n) is 15.7. The van der Waals surface area contributed by atoms with Crippen LogP contribution in [0.25, 0.3) is 64.6 Å². The van der Waals surface area contributed by atoms with Gasteiger partial charge in [-0.05, 0) is 115 Å². The summed E-state index contributed by atoms with van der Waals surface area (Å²) in [7, 11) is 3.22. The molecular formula is C54H46N4O6S2. The third-order valence-corrected chi connectivity index (χ3v) is 12.1. The van der Waals surface area contributed by atoms with Gasteiger partial charge >= 0.3 is 0 Å². The summed E-state index contributed by atoms with van der Waals surface area (Å²) < 4.78 is 34.7. The molecule has 0 saturated heterocycles. The van der Waals surface area contributed by atoms with Crippen molar-refractivity contribution < 1.29 is 28.4 Å². The second-order valence-corrected chi connectivity index (χ2v) is 16.6. The molecule has 330 valence electrons. The molecule has 66 heavy (non-hydrogen) atoms. The highest BCUT2D eigenvalue weighted by Gasteiger charge is 2.15. The highest BCUT2D eigenvalue weighted by Crippen LogP contribution is 2.40. The van der Waals surface area contributed by atoms with Crippen molar-refractivity contribution in [3.05, 3.63) is 146 Å². The van der Waals surface area contributed by atoms with Crippen LogP contribution in [0.2, 0.25) is 0 Å². The topological polar surface area (TPSA) is 104 Å². The predicted molar refractivity (Wildman–Crippen MR) is 279 cm³/mol. The minimum atomic E-state index is 0.340. The maximum Gasteiger partial charge on any atom is 0.175 e. The Morgan fingerprint density at radius 3 is 1.15 bits per heavy atom. The van der Waals surface area contributed by atoms with Gasteiger partial charge in [0, 0.05) is 45.7 Å². The Morgan fingerprint density at radius 2 is 0.742 bits per heavy atom. The van der Waals surface area contributed by atoms with E-state index in [0.29, 0.717) is 72.9 Å². The zero-order chi connectivity index (χ0) is 45.0. The van der Waals surface area contributed by atoms with E-state index in [4.69, 9.17) is 52.9 Å². The summed E-state index contributed by atoms with van der Waals surface area (Å²) in [5.74, 6) is 2.36. The molecule has 4 N–H and O–H groups in total. The van der Waals surface area contributed by atoms with Crippen molar-refractivity contribution in [3.8, 4) is 23.0 Å². The number of rotatable bonds is 17. The molecule has 0 aromatic heterocycles. The molecule has 10 aromatic carbocycles. The third-order valence-electron chi connectivity index (χ3n) is 11.7. The molecule has 0 aliphatic heterocycles. The fourth-order valence-corrected chi connectivity index (χ4v) is 9.19. The molecule has 0 bridgehead atoms. The van der Waals surface area contributed by atoms with Gasteiger partial charge in [-0.1, -0.05) is 97.1 Å². The summed E-state index contributed by atoms with van der Waals surface area (Å²) in [6.07, 6.45) is 0. The van der Waals surface area contributed by atoms with Crippen molar-refractivity contribution in [3.63, 3.8) is 0 Å². The number of hydrogen-bond acceptors (Lipinski definition) is 8. The van der Waals surface area contributed by atoms with E-state index in [1.54, 1.807) is 14.2 Å². The molecule has 0 aliphatic carbocycles. The molecule has 10 rings (SSSR count).